The molecule has 0 bridgehead atoms. The number of hydrogen-bond acceptors (Lipinski definition) is 8. The summed E-state index contributed by atoms with van der Waals surface area (Å²) in [4.78, 5) is 111. The monoisotopic (exact) mass is 634 g/mol. The van der Waals surface area contributed by atoms with Crippen LogP contribution in [-0.2, 0) is 0 Å². The van der Waals surface area contributed by atoms with E-state index in [1.165, 1.54) is 86.9 Å². The van der Waals surface area contributed by atoms with E-state index in [9.17, 15) is 38.4 Å². The summed E-state index contributed by atoms with van der Waals surface area (Å²) in [5, 5.41) is 0.999. The number of imide groups is 4. The highest BCUT2D eigenvalue weighted by Crippen LogP contribution is 2.41. The van der Waals surface area contributed by atoms with E-state index in [4.69, 9.17) is 0 Å². The zero-order valence-corrected chi connectivity index (χ0v) is 25.0. The second kappa shape index (κ2) is 8.91. The third-order valence-electron chi connectivity index (χ3n) is 9.56. The quantitative estimate of drug-likeness (QED) is 0.264. The predicted molar refractivity (Wildman–Crippen MR) is 169 cm³/mol. The first-order chi connectivity index (χ1) is 23.0. The highest BCUT2D eigenvalue weighted by atomic mass is 16.2. The van der Waals surface area contributed by atoms with Gasteiger partial charge in [0, 0.05) is 80.1 Å². The van der Waals surface area contributed by atoms with Gasteiger partial charge in [-0.2, -0.15) is 0 Å². The minimum absolute atomic E-state index is 0.139. The minimum Gasteiger partial charge on any atom is -0.277 e. The molecule has 0 saturated heterocycles. The molecule has 0 saturated carbocycles. The molecule has 0 radical (unpaired) electrons. The van der Waals surface area contributed by atoms with E-state index in [0.717, 1.165) is 19.6 Å². The van der Waals surface area contributed by atoms with Crippen molar-refractivity contribution in [1.82, 2.24) is 9.80 Å². The van der Waals surface area contributed by atoms with Crippen LogP contribution in [0.5, 0.6) is 0 Å². The van der Waals surface area contributed by atoms with Gasteiger partial charge in [-0.05, 0) is 72.8 Å². The van der Waals surface area contributed by atoms with E-state index in [-0.39, 0.29) is 77.4 Å². The maximum atomic E-state index is 13.8. The Balaban J connectivity index is 1.10. The Labute approximate surface area is 269 Å². The average Bonchev–Trinajstić information content (AvgIpc) is 3.09. The number of hydrogen-bond donors (Lipinski definition) is 0. The molecule has 5 aromatic carbocycles. The van der Waals surface area contributed by atoms with Crippen LogP contribution in [0.1, 0.15) is 82.9 Å². The second-order valence-electron chi connectivity index (χ2n) is 11.9. The van der Waals surface area contributed by atoms with Gasteiger partial charge in [0.05, 0.1) is 11.4 Å². The number of rotatable bonds is 2. The molecule has 12 heteroatoms. The molecule has 0 aromatic heterocycles. The minimum atomic E-state index is -0.670. The van der Waals surface area contributed by atoms with Crippen molar-refractivity contribution in [3.05, 3.63) is 117 Å². The third kappa shape index (κ3) is 3.13. The average molecular weight is 635 g/mol. The van der Waals surface area contributed by atoms with Crippen LogP contribution in [0.2, 0.25) is 0 Å². The Hall–Kier alpha value is -6.82. The molecule has 48 heavy (non-hydrogen) atoms. The fraction of sp³-hybridized carbons (Fsp3) is 0.0556. The lowest BCUT2D eigenvalue weighted by atomic mass is 9.85. The van der Waals surface area contributed by atoms with Crippen molar-refractivity contribution < 1.29 is 38.4 Å². The summed E-state index contributed by atoms with van der Waals surface area (Å²) in [6.07, 6.45) is 0. The van der Waals surface area contributed by atoms with Crippen molar-refractivity contribution in [3.63, 3.8) is 0 Å². The summed E-state index contributed by atoms with van der Waals surface area (Å²) >= 11 is 0. The van der Waals surface area contributed by atoms with E-state index in [2.05, 4.69) is 0 Å². The molecule has 4 heterocycles. The van der Waals surface area contributed by atoms with Crippen molar-refractivity contribution in [2.75, 3.05) is 23.9 Å². The second-order valence-corrected chi connectivity index (χ2v) is 11.9. The van der Waals surface area contributed by atoms with Crippen LogP contribution in [0.15, 0.2) is 72.8 Å². The lowest BCUT2D eigenvalue weighted by Gasteiger charge is -2.32. The number of anilines is 2. The van der Waals surface area contributed by atoms with Gasteiger partial charge >= 0.3 is 0 Å². The van der Waals surface area contributed by atoms with Crippen molar-refractivity contribution in [2.24, 2.45) is 0 Å². The van der Waals surface area contributed by atoms with Crippen LogP contribution in [0, 0.1) is 0 Å². The molecule has 8 amide bonds. The van der Waals surface area contributed by atoms with Gasteiger partial charge in [-0.15, -0.1) is 0 Å². The predicted octanol–water partition coefficient (Wildman–Crippen LogP) is 4.05. The Morgan fingerprint density at radius 1 is 0.292 bits per heavy atom. The molecule has 0 aliphatic carbocycles. The Bertz CT molecular complexity index is 2230. The van der Waals surface area contributed by atoms with Crippen LogP contribution < -0.4 is 9.80 Å². The number of carbonyl (C=O) groups excluding carboxylic acids is 8. The van der Waals surface area contributed by atoms with Crippen LogP contribution in [-0.4, -0.2) is 71.2 Å². The van der Waals surface area contributed by atoms with Crippen molar-refractivity contribution in [2.45, 2.75) is 0 Å². The molecule has 0 fully saturated rings. The summed E-state index contributed by atoms with van der Waals surface area (Å²) in [6, 6.07) is 17.4. The summed E-state index contributed by atoms with van der Waals surface area (Å²) in [7, 11) is 2.74. The number of carbonyl (C=O) groups is 8. The first kappa shape index (κ1) is 27.5. The highest BCUT2D eigenvalue weighted by Gasteiger charge is 2.41. The topological polar surface area (TPSA) is 150 Å². The fourth-order valence-electron chi connectivity index (χ4n) is 7.21. The summed E-state index contributed by atoms with van der Waals surface area (Å²) in [5.74, 6) is -4.82. The summed E-state index contributed by atoms with van der Waals surface area (Å²) < 4.78 is 0. The van der Waals surface area contributed by atoms with Gasteiger partial charge in [0.15, 0.2) is 0 Å². The lowest BCUT2D eigenvalue weighted by Crippen LogP contribution is -2.43. The molecule has 5 aromatic rings. The molecule has 4 aliphatic heterocycles. The van der Waals surface area contributed by atoms with E-state index < -0.39 is 47.3 Å². The van der Waals surface area contributed by atoms with Crippen molar-refractivity contribution >= 4 is 80.2 Å². The van der Waals surface area contributed by atoms with Crippen molar-refractivity contribution in [3.8, 4) is 0 Å². The standard InChI is InChI=1S/C36H18N4O8/c1-37-29(41)17-7-11-21-27-22(12-8-18(25(17)27)30(37)42)34(46)39(33(21)45)15-3-5-16(6-4-15)40-35(47)23-13-9-19-26-20(32(44)38(2)31(19)43)10-14-24(28(23)26)36(40)48/h3-14H,1-2H3. The first-order valence-corrected chi connectivity index (χ1v) is 14.7. The highest BCUT2D eigenvalue weighted by molar-refractivity contribution is 6.41. The first-order valence-electron chi connectivity index (χ1n) is 14.7. The van der Waals surface area contributed by atoms with Crippen molar-refractivity contribution in [1.29, 1.82) is 0 Å². The number of benzene rings is 5. The molecule has 0 atom stereocenters. The van der Waals surface area contributed by atoms with Crippen LogP contribution in [0.4, 0.5) is 11.4 Å². The Kier molecular flexibility index (Phi) is 5.10. The maximum Gasteiger partial charge on any atom is 0.265 e. The van der Waals surface area contributed by atoms with Crippen LogP contribution in [0.3, 0.4) is 0 Å². The van der Waals surface area contributed by atoms with E-state index in [1.54, 1.807) is 0 Å². The fourth-order valence-corrected chi connectivity index (χ4v) is 7.21. The summed E-state index contributed by atoms with van der Waals surface area (Å²) in [6.45, 7) is 0. The van der Waals surface area contributed by atoms with Gasteiger partial charge in [0.2, 0.25) is 0 Å². The van der Waals surface area contributed by atoms with Crippen LogP contribution in [0.25, 0.3) is 21.5 Å². The van der Waals surface area contributed by atoms with E-state index in [0.29, 0.717) is 0 Å². The molecular formula is C36H18N4O8. The molecular weight excluding hydrogens is 616 g/mol. The molecule has 12 nitrogen and oxygen atoms in total. The Morgan fingerprint density at radius 3 is 0.688 bits per heavy atom. The number of amides is 8. The van der Waals surface area contributed by atoms with Gasteiger partial charge in [-0.1, -0.05) is 0 Å². The molecule has 0 spiro atoms. The van der Waals surface area contributed by atoms with Crippen LogP contribution >= 0.6 is 0 Å². The number of nitrogens with zero attached hydrogens (tertiary/aromatic N) is 4. The molecule has 230 valence electrons. The largest absolute Gasteiger partial charge is 0.277 e. The van der Waals surface area contributed by atoms with E-state index in [1.807, 2.05) is 0 Å². The zero-order chi connectivity index (χ0) is 33.5. The van der Waals surface area contributed by atoms with Gasteiger partial charge in [-0.25, -0.2) is 9.80 Å². The summed E-state index contributed by atoms with van der Waals surface area (Å²) in [5.41, 5.74) is 1.75. The van der Waals surface area contributed by atoms with Gasteiger partial charge in [0.1, 0.15) is 0 Å². The normalized spacial score (nSPS) is 16.7. The molecule has 4 aliphatic rings. The smallest absolute Gasteiger partial charge is 0.265 e. The molecule has 0 N–H and O–H groups in total. The van der Waals surface area contributed by atoms with Gasteiger partial charge in [0.25, 0.3) is 47.3 Å². The molecule has 0 unspecified atom stereocenters. The Morgan fingerprint density at radius 2 is 0.479 bits per heavy atom. The van der Waals surface area contributed by atoms with Gasteiger partial charge < -0.3 is 0 Å². The lowest BCUT2D eigenvalue weighted by molar-refractivity contribution is 0.0635. The van der Waals surface area contributed by atoms with Gasteiger partial charge in [-0.3, -0.25) is 48.2 Å². The maximum absolute atomic E-state index is 13.8. The molecule has 9 rings (SSSR count). The van der Waals surface area contributed by atoms with E-state index >= 15 is 0 Å². The SMILES string of the molecule is CN1C(=O)c2ccc3c4c(ccc(c24)C1=O)C(=O)N(c1ccc(N2C(=O)c4ccc5c6c(ccc(c46)C2=O)C(=O)N(C)C5=O)cc1)C3=O. The zero-order valence-electron chi connectivity index (χ0n) is 25.0. The third-order valence-corrected chi connectivity index (χ3v) is 9.56.